The van der Waals surface area contributed by atoms with Crippen molar-refractivity contribution in [3.05, 3.63) is 222 Å². The van der Waals surface area contributed by atoms with Crippen molar-refractivity contribution in [2.45, 2.75) is 5.41 Å². The lowest BCUT2D eigenvalue weighted by atomic mass is 9.62. The average Bonchev–Trinajstić information content (AvgIpc) is 3.60. The van der Waals surface area contributed by atoms with Crippen molar-refractivity contribution in [3.63, 3.8) is 0 Å². The highest BCUT2D eigenvalue weighted by molar-refractivity contribution is 6.09. The molecule has 0 saturated heterocycles. The number of anilines is 3. The highest BCUT2D eigenvalue weighted by Crippen LogP contribution is 2.58. The maximum Gasteiger partial charge on any atom is 0.0998 e. The van der Waals surface area contributed by atoms with E-state index in [2.05, 4.69) is 184 Å². The molecule has 10 rings (SSSR count). The van der Waals surface area contributed by atoms with Crippen LogP contribution in [-0.4, -0.2) is 9.55 Å². The van der Waals surface area contributed by atoms with Gasteiger partial charge in [-0.15, -0.1) is 0 Å². The van der Waals surface area contributed by atoms with Crippen LogP contribution < -0.4 is 4.90 Å². The Morgan fingerprint density at radius 1 is 0.509 bits per heavy atom. The summed E-state index contributed by atoms with van der Waals surface area (Å²) in [4.78, 5) is 6.86. The Bertz CT molecular complexity index is 2880. The van der Waals surface area contributed by atoms with Crippen molar-refractivity contribution in [1.29, 1.82) is 10.5 Å². The first kappa shape index (κ1) is 32.0. The van der Waals surface area contributed by atoms with E-state index in [0.29, 0.717) is 11.1 Å². The Kier molecular flexibility index (Phi) is 7.40. The normalized spacial score (nSPS) is 12.8. The third-order valence-electron chi connectivity index (χ3n) is 11.0. The predicted molar refractivity (Wildman–Crippen MR) is 220 cm³/mol. The molecule has 0 spiro atoms. The van der Waals surface area contributed by atoms with Crippen LogP contribution in [-0.2, 0) is 5.41 Å². The molecule has 0 atom stereocenters. The molecule has 0 unspecified atom stereocenters. The summed E-state index contributed by atoms with van der Waals surface area (Å²) in [5.41, 5.74) is 12.7. The molecular weight excluding hydrogens is 671 g/mol. The molecule has 0 aliphatic carbocycles. The van der Waals surface area contributed by atoms with Gasteiger partial charge in [0.15, 0.2) is 0 Å². The molecule has 1 aliphatic rings. The number of fused-ring (bicyclic) bond motifs is 5. The Labute approximate surface area is 318 Å². The van der Waals surface area contributed by atoms with Gasteiger partial charge in [0.25, 0.3) is 0 Å². The number of nitrogens with zero attached hydrogens (tertiary/aromatic N) is 5. The number of rotatable bonds is 5. The quantitative estimate of drug-likeness (QED) is 0.179. The summed E-state index contributed by atoms with van der Waals surface area (Å²) >= 11 is 0. The second-order valence-corrected chi connectivity index (χ2v) is 13.8. The highest BCUT2D eigenvalue weighted by Gasteiger charge is 2.46. The van der Waals surface area contributed by atoms with E-state index < -0.39 is 5.41 Å². The van der Waals surface area contributed by atoms with Crippen molar-refractivity contribution < 1.29 is 0 Å². The third kappa shape index (κ3) is 4.81. The van der Waals surface area contributed by atoms with Crippen LogP contribution in [0, 0.1) is 22.7 Å². The first-order valence-corrected chi connectivity index (χ1v) is 18.2. The van der Waals surface area contributed by atoms with E-state index in [1.165, 1.54) is 11.1 Å². The van der Waals surface area contributed by atoms with Crippen LogP contribution in [0.25, 0.3) is 38.6 Å². The van der Waals surface area contributed by atoms with Crippen LogP contribution in [0.5, 0.6) is 0 Å². The number of pyridine rings is 1. The molecule has 1 aliphatic heterocycles. The topological polar surface area (TPSA) is 68.6 Å². The zero-order valence-corrected chi connectivity index (χ0v) is 29.6. The summed E-state index contributed by atoms with van der Waals surface area (Å²) < 4.78 is 2.29. The van der Waals surface area contributed by atoms with Crippen LogP contribution in [0.1, 0.15) is 33.4 Å². The number of aromatic nitrogens is 2. The number of nitriles is 2. The van der Waals surface area contributed by atoms with Crippen molar-refractivity contribution in [2.24, 2.45) is 0 Å². The van der Waals surface area contributed by atoms with E-state index >= 15 is 0 Å². The molecule has 7 aromatic carbocycles. The lowest BCUT2D eigenvalue weighted by Gasteiger charge is -2.46. The van der Waals surface area contributed by atoms with Gasteiger partial charge in [0.1, 0.15) is 0 Å². The molecule has 0 radical (unpaired) electrons. The zero-order chi connectivity index (χ0) is 36.9. The Morgan fingerprint density at radius 3 is 1.78 bits per heavy atom. The number of hydrogen-bond donors (Lipinski definition) is 0. The van der Waals surface area contributed by atoms with Gasteiger partial charge in [0, 0.05) is 34.5 Å². The smallest absolute Gasteiger partial charge is 0.0998 e. The summed E-state index contributed by atoms with van der Waals surface area (Å²) in [6, 6.07) is 66.0. The molecule has 0 bridgehead atoms. The summed E-state index contributed by atoms with van der Waals surface area (Å²) in [5.74, 6) is 0. The van der Waals surface area contributed by atoms with Crippen LogP contribution in [0.4, 0.5) is 17.1 Å². The Balaban J connectivity index is 1.31. The lowest BCUT2D eigenvalue weighted by Crippen LogP contribution is -2.37. The Morgan fingerprint density at radius 2 is 1.11 bits per heavy atom. The molecule has 55 heavy (non-hydrogen) atoms. The molecule has 0 N–H and O–H groups in total. The van der Waals surface area contributed by atoms with Crippen LogP contribution >= 0.6 is 0 Å². The van der Waals surface area contributed by atoms with Gasteiger partial charge >= 0.3 is 0 Å². The van der Waals surface area contributed by atoms with E-state index in [1.807, 2.05) is 18.5 Å². The molecule has 256 valence electrons. The minimum atomic E-state index is -0.604. The standard InChI is InChI=1S/C50H31N5/c51-31-34-23-24-41(36(27-34)32-52)35-28-39(54-46-20-10-7-17-42(46)43-33-53-26-25-47(43)54)30-40(29-35)55-48-21-11-8-18-44(48)50(37-13-3-1-4-14-37,38-15-5-2-6-16-38)45-19-9-12-22-49(45)55/h1-30,33H. The summed E-state index contributed by atoms with van der Waals surface area (Å²) in [6.45, 7) is 0. The van der Waals surface area contributed by atoms with E-state index in [1.54, 1.807) is 12.1 Å². The molecular formula is C50H31N5. The van der Waals surface area contributed by atoms with Crippen molar-refractivity contribution in [2.75, 3.05) is 4.90 Å². The SMILES string of the molecule is N#Cc1ccc(-c2cc(N3c4ccccc4C(c4ccccc4)(c4ccccc4)c4ccccc43)cc(-n3c4ccccc4c4cnccc43)c2)c(C#N)c1. The Hall–Kier alpha value is -7.73. The summed E-state index contributed by atoms with van der Waals surface area (Å²) in [5, 5.41) is 22.3. The van der Waals surface area contributed by atoms with Gasteiger partial charge < -0.3 is 9.47 Å². The van der Waals surface area contributed by atoms with Gasteiger partial charge in [-0.25, -0.2) is 0 Å². The molecule has 0 fully saturated rings. The van der Waals surface area contributed by atoms with Gasteiger partial charge in [-0.2, -0.15) is 10.5 Å². The maximum atomic E-state index is 10.4. The fourth-order valence-corrected chi connectivity index (χ4v) is 8.75. The van der Waals surface area contributed by atoms with Crippen LogP contribution in [0.15, 0.2) is 188 Å². The van der Waals surface area contributed by atoms with Crippen LogP contribution in [0.3, 0.4) is 0 Å². The first-order chi connectivity index (χ1) is 27.2. The van der Waals surface area contributed by atoms with Gasteiger partial charge in [-0.05, 0) is 88.0 Å². The molecule has 9 aromatic rings. The van der Waals surface area contributed by atoms with Crippen LogP contribution in [0.2, 0.25) is 0 Å². The summed E-state index contributed by atoms with van der Waals surface area (Å²) in [7, 11) is 0. The monoisotopic (exact) mass is 701 g/mol. The first-order valence-electron chi connectivity index (χ1n) is 18.2. The number of hydrogen-bond acceptors (Lipinski definition) is 4. The van der Waals surface area contributed by atoms with Crippen molar-refractivity contribution in [3.8, 4) is 29.0 Å². The fourth-order valence-electron chi connectivity index (χ4n) is 8.75. The van der Waals surface area contributed by atoms with Gasteiger partial charge in [-0.3, -0.25) is 4.98 Å². The second-order valence-electron chi connectivity index (χ2n) is 13.8. The summed E-state index contributed by atoms with van der Waals surface area (Å²) in [6.07, 6.45) is 3.76. The minimum Gasteiger partial charge on any atom is -0.310 e. The minimum absolute atomic E-state index is 0.445. The second kappa shape index (κ2) is 12.7. The van der Waals surface area contributed by atoms with E-state index in [0.717, 1.165) is 66.8 Å². The largest absolute Gasteiger partial charge is 0.310 e. The third-order valence-corrected chi connectivity index (χ3v) is 11.0. The van der Waals surface area contributed by atoms with Gasteiger partial charge in [0.05, 0.1) is 51.1 Å². The molecule has 2 aromatic heterocycles. The maximum absolute atomic E-state index is 10.4. The molecule has 0 saturated carbocycles. The fraction of sp³-hybridized carbons (Fsp3) is 0.0200. The number of benzene rings is 7. The van der Waals surface area contributed by atoms with Gasteiger partial charge in [-0.1, -0.05) is 121 Å². The molecule has 0 amide bonds. The van der Waals surface area contributed by atoms with Crippen molar-refractivity contribution in [1.82, 2.24) is 9.55 Å². The van der Waals surface area contributed by atoms with Gasteiger partial charge in [0.2, 0.25) is 0 Å². The molecule has 5 nitrogen and oxygen atoms in total. The average molecular weight is 702 g/mol. The van der Waals surface area contributed by atoms with E-state index in [9.17, 15) is 10.5 Å². The van der Waals surface area contributed by atoms with Crippen molar-refractivity contribution >= 4 is 38.9 Å². The number of para-hydroxylation sites is 3. The molecule has 5 heteroatoms. The predicted octanol–water partition coefficient (Wildman–Crippen LogP) is 11.8. The van der Waals surface area contributed by atoms with E-state index in [4.69, 9.17) is 0 Å². The van der Waals surface area contributed by atoms with E-state index in [-0.39, 0.29) is 0 Å². The molecule has 3 heterocycles. The zero-order valence-electron chi connectivity index (χ0n) is 29.6. The lowest BCUT2D eigenvalue weighted by molar-refractivity contribution is 0.731. The highest BCUT2D eigenvalue weighted by atomic mass is 15.2.